The SMILES string of the molecule is CC(C)(CCOCCOC(C)(C)CCC(=O)NCCNC(=S)Nc1ccc(-c2c3ccc(=O)cc-3oc3cc(O)ccc23)c(C(=O)O)c1)NC(=O)CC[C@H](NC(=O)c1ccc(NCc2cnc3nc(N)[nH]c(=O)c3n2)cc1)C(=O)O. The number of nitrogens with one attached hydrogen (secondary N) is 7. The Morgan fingerprint density at radius 2 is 1.56 bits per heavy atom. The number of nitrogens with zero attached hydrogens (tertiary/aromatic N) is 3. The number of nitrogen functional groups attached to an aromatic ring is 1. The number of aliphatic carboxylic acids is 1. The molecule has 24 nitrogen and oxygen atoms in total. The van der Waals surface area contributed by atoms with E-state index < -0.39 is 46.5 Å². The molecule has 2 aliphatic rings. The summed E-state index contributed by atoms with van der Waals surface area (Å²) in [4.78, 5) is 102. The number of rotatable bonds is 26. The average Bonchev–Trinajstić information content (AvgIpc) is 3.51. The van der Waals surface area contributed by atoms with Crippen LogP contribution in [0.4, 0.5) is 17.3 Å². The number of phenolic OH excluding ortho intramolecular Hbond substituents is 1. The largest absolute Gasteiger partial charge is 0.508 e. The number of phenols is 1. The number of thiocarbonyl (C=S) groups is 1. The van der Waals surface area contributed by atoms with Gasteiger partial charge in [0.1, 0.15) is 23.1 Å². The number of aromatic carboxylic acids is 1. The van der Waals surface area contributed by atoms with Gasteiger partial charge in [-0.2, -0.15) is 4.98 Å². The van der Waals surface area contributed by atoms with Gasteiger partial charge < -0.3 is 66.8 Å². The number of aromatic nitrogens is 4. The van der Waals surface area contributed by atoms with Crippen molar-refractivity contribution in [2.24, 2.45) is 0 Å². The first-order valence-corrected chi connectivity index (χ1v) is 25.7. The molecule has 3 amide bonds. The van der Waals surface area contributed by atoms with Gasteiger partial charge in [-0.25, -0.2) is 19.6 Å². The zero-order chi connectivity index (χ0) is 57.7. The van der Waals surface area contributed by atoms with Crippen molar-refractivity contribution < 1.29 is 53.2 Å². The number of anilines is 3. The maximum atomic E-state index is 13.0. The summed E-state index contributed by atoms with van der Waals surface area (Å²) in [5.41, 5.74) is 6.81. The number of hydrogen-bond acceptors (Lipinski definition) is 17. The Kier molecular flexibility index (Phi) is 19.1. The zero-order valence-electron chi connectivity index (χ0n) is 44.2. The Morgan fingerprint density at radius 3 is 2.31 bits per heavy atom. The minimum absolute atomic E-state index is 0.0378. The first kappa shape index (κ1) is 58.6. The fourth-order valence-corrected chi connectivity index (χ4v) is 8.59. The van der Waals surface area contributed by atoms with E-state index in [1.165, 1.54) is 48.7 Å². The topological polar surface area (TPSA) is 364 Å². The van der Waals surface area contributed by atoms with Crippen LogP contribution >= 0.6 is 12.2 Å². The number of hydrogen-bond donors (Lipinski definition) is 11. The molecular weight excluding hydrogens is 1050 g/mol. The highest BCUT2D eigenvalue weighted by atomic mass is 32.1. The van der Waals surface area contributed by atoms with E-state index in [1.807, 2.05) is 27.7 Å². The lowest BCUT2D eigenvalue weighted by Crippen LogP contribution is -2.46. The molecule has 0 fully saturated rings. The van der Waals surface area contributed by atoms with Gasteiger partial charge >= 0.3 is 11.9 Å². The summed E-state index contributed by atoms with van der Waals surface area (Å²) in [6.07, 6.45) is 2.18. The van der Waals surface area contributed by atoms with Gasteiger partial charge in [-0.15, -0.1) is 0 Å². The number of ether oxygens (including phenoxy) is 2. The fourth-order valence-electron chi connectivity index (χ4n) is 8.37. The van der Waals surface area contributed by atoms with Crippen molar-refractivity contribution in [3.05, 3.63) is 122 Å². The van der Waals surface area contributed by atoms with Crippen LogP contribution in [0.3, 0.4) is 0 Å². The highest BCUT2D eigenvalue weighted by Gasteiger charge is 2.27. The third-order valence-electron chi connectivity index (χ3n) is 12.6. The van der Waals surface area contributed by atoms with Gasteiger partial charge in [0.05, 0.1) is 42.8 Å². The summed E-state index contributed by atoms with van der Waals surface area (Å²) >= 11 is 5.45. The first-order chi connectivity index (χ1) is 38.0. The van der Waals surface area contributed by atoms with Crippen LogP contribution in [0.1, 0.15) is 86.2 Å². The zero-order valence-corrected chi connectivity index (χ0v) is 45.0. The number of nitrogens with two attached hydrogens (primary N) is 1. The van der Waals surface area contributed by atoms with Crippen LogP contribution in [-0.2, 0) is 30.4 Å². The molecule has 0 unspecified atom stereocenters. The number of carboxylic acids is 2. The predicted molar refractivity (Wildman–Crippen MR) is 302 cm³/mol. The summed E-state index contributed by atoms with van der Waals surface area (Å²) in [6, 6.07) is 18.4. The van der Waals surface area contributed by atoms with Crippen molar-refractivity contribution in [2.75, 3.05) is 49.3 Å². The van der Waals surface area contributed by atoms with Gasteiger partial charge in [0, 0.05) is 83.7 Å². The van der Waals surface area contributed by atoms with E-state index in [9.17, 15) is 48.9 Å². The molecule has 1 aliphatic heterocycles. The number of fused-ring (bicyclic) bond motifs is 3. The Bertz CT molecular complexity index is 3530. The monoisotopic (exact) mass is 1120 g/mol. The minimum atomic E-state index is -1.33. The molecule has 0 spiro atoms. The lowest BCUT2D eigenvalue weighted by molar-refractivity contribution is -0.139. The van der Waals surface area contributed by atoms with E-state index in [4.69, 9.17) is 31.8 Å². The molecule has 80 heavy (non-hydrogen) atoms. The van der Waals surface area contributed by atoms with Gasteiger partial charge in [0.25, 0.3) is 11.5 Å². The van der Waals surface area contributed by atoms with Crippen LogP contribution in [0.25, 0.3) is 44.6 Å². The number of H-pyrrole nitrogens is 1. The van der Waals surface area contributed by atoms with E-state index in [2.05, 4.69) is 51.8 Å². The van der Waals surface area contributed by atoms with Crippen LogP contribution in [0, 0.1) is 0 Å². The molecule has 0 saturated carbocycles. The van der Waals surface area contributed by atoms with Gasteiger partial charge in [0.15, 0.2) is 21.7 Å². The summed E-state index contributed by atoms with van der Waals surface area (Å²) in [6.45, 7) is 8.88. The van der Waals surface area contributed by atoms with Gasteiger partial charge in [-0.05, 0) is 125 Å². The van der Waals surface area contributed by atoms with Crippen molar-refractivity contribution in [3.8, 4) is 28.2 Å². The van der Waals surface area contributed by atoms with Crippen molar-refractivity contribution >= 4 is 86.4 Å². The van der Waals surface area contributed by atoms with Crippen LogP contribution in [-0.4, -0.2) is 120 Å². The first-order valence-electron chi connectivity index (χ1n) is 25.3. The Morgan fingerprint density at radius 1 is 0.825 bits per heavy atom. The molecule has 2 aromatic heterocycles. The molecule has 5 aromatic rings. The minimum Gasteiger partial charge on any atom is -0.508 e. The Hall–Kier alpha value is -9.07. The maximum absolute atomic E-state index is 13.0. The summed E-state index contributed by atoms with van der Waals surface area (Å²) in [7, 11) is 0. The Balaban J connectivity index is 0.749. The van der Waals surface area contributed by atoms with E-state index in [0.29, 0.717) is 52.0 Å². The highest BCUT2D eigenvalue weighted by molar-refractivity contribution is 7.80. The van der Waals surface area contributed by atoms with E-state index in [0.717, 1.165) is 0 Å². The van der Waals surface area contributed by atoms with Crippen LogP contribution in [0.15, 0.2) is 99.1 Å². The van der Waals surface area contributed by atoms with Gasteiger partial charge in [-0.3, -0.25) is 29.0 Å². The van der Waals surface area contributed by atoms with Crippen LogP contribution < -0.4 is 48.6 Å². The van der Waals surface area contributed by atoms with Gasteiger partial charge in [-0.1, -0.05) is 6.07 Å². The van der Waals surface area contributed by atoms with Crippen molar-refractivity contribution in [3.63, 3.8) is 0 Å². The lowest BCUT2D eigenvalue weighted by Gasteiger charge is -2.27. The fraction of sp³-hybridized carbons (Fsp3) is 0.327. The van der Waals surface area contributed by atoms with E-state index in [-0.39, 0.29) is 120 Å². The molecule has 1 atom stereocenters. The van der Waals surface area contributed by atoms with Crippen LogP contribution in [0.5, 0.6) is 5.75 Å². The number of amides is 3. The van der Waals surface area contributed by atoms with Crippen LogP contribution in [0.2, 0.25) is 0 Å². The molecular formula is C55H61N11O13S. The molecule has 3 heterocycles. The second kappa shape index (κ2) is 26.1. The second-order valence-electron chi connectivity index (χ2n) is 19.8. The number of carbonyl (C=O) groups is 5. The molecule has 1 aliphatic carbocycles. The van der Waals surface area contributed by atoms with E-state index >= 15 is 0 Å². The number of aromatic hydroxyl groups is 1. The molecule has 420 valence electrons. The number of aromatic amines is 1. The number of carboxylic acid groups (broad SMARTS) is 2. The smallest absolute Gasteiger partial charge is 0.336 e. The normalized spacial score (nSPS) is 11.9. The molecule has 3 aromatic carbocycles. The highest BCUT2D eigenvalue weighted by Crippen LogP contribution is 2.42. The third-order valence-corrected chi connectivity index (χ3v) is 12.8. The molecule has 0 radical (unpaired) electrons. The summed E-state index contributed by atoms with van der Waals surface area (Å²) in [5, 5.41) is 48.3. The lowest BCUT2D eigenvalue weighted by atomic mass is 9.90. The maximum Gasteiger partial charge on any atom is 0.336 e. The third kappa shape index (κ3) is 16.2. The van der Waals surface area contributed by atoms with Crippen molar-refractivity contribution in [2.45, 2.75) is 83.5 Å². The summed E-state index contributed by atoms with van der Waals surface area (Å²) in [5.74, 6) is -3.62. The predicted octanol–water partition coefficient (Wildman–Crippen LogP) is 5.13. The molecule has 12 N–H and O–H groups in total. The molecule has 7 rings (SSSR count). The van der Waals surface area contributed by atoms with Gasteiger partial charge in [0.2, 0.25) is 17.8 Å². The second-order valence-corrected chi connectivity index (χ2v) is 20.2. The molecule has 0 bridgehead atoms. The number of benzene rings is 4. The molecule has 25 heteroatoms. The summed E-state index contributed by atoms with van der Waals surface area (Å²) < 4.78 is 17.7. The number of carbonyl (C=O) groups excluding carboxylic acids is 3. The van der Waals surface area contributed by atoms with E-state index in [1.54, 1.807) is 36.4 Å². The standard InChI is InChI=1S/C55H61N11O13S/c1-54(2,66-44(70)16-15-40(51(75)76)63-48(71)30-5-7-31(8-6-30)59-28-33-29-60-47-46(61-33)49(72)65-52(56)64-47)19-22-77-23-24-78-55(3,4)18-17-43(69)57-20-21-58-53(80)62-32-9-12-36(39(25-32)50(73)74)45-37-13-10-34(67)26-41(37)79-42-27-35(68)11-14-38(42)45/h5-14,25-27,29,40,59,67H,15-24,28H2,1-4H3,(H,57,69)(H,63,71)(H,66,70)(H,73,74)(H,75,76)(H2,58,62,80)(H3,56,60,64,65,72)/t40-/m0/s1. The quantitative estimate of drug-likeness (QED) is 0.0190. The molecule has 0 saturated heterocycles. The van der Waals surface area contributed by atoms with Crippen molar-refractivity contribution in [1.82, 2.24) is 41.2 Å². The average molecular weight is 1120 g/mol. The Labute approximate surface area is 462 Å². The van der Waals surface area contributed by atoms with Crippen molar-refractivity contribution in [1.29, 1.82) is 0 Å².